The third-order valence-corrected chi connectivity index (χ3v) is 12.2. The molecule has 0 saturated carbocycles. The van der Waals surface area contributed by atoms with E-state index < -0.39 is 12.2 Å². The van der Waals surface area contributed by atoms with Crippen LogP contribution in [0.15, 0.2) is 57.6 Å². The van der Waals surface area contributed by atoms with Gasteiger partial charge in [0.1, 0.15) is 60.1 Å². The molecule has 8 rings (SSSR count). The van der Waals surface area contributed by atoms with Crippen LogP contribution in [0.2, 0.25) is 0 Å². The average Bonchev–Trinajstić information content (AvgIpc) is 3.94. The van der Waals surface area contributed by atoms with E-state index in [0.29, 0.717) is 60.9 Å². The quantitative estimate of drug-likeness (QED) is 0.0473. The molecule has 20 heteroatoms. The minimum atomic E-state index is -0.622. The topological polar surface area (TPSA) is 249 Å². The van der Waals surface area contributed by atoms with Crippen LogP contribution in [0, 0.1) is 34.6 Å². The monoisotopic (exact) mass is 1010 g/mol. The number of nitrogens with zero attached hydrogens (tertiary/aromatic N) is 7. The summed E-state index contributed by atoms with van der Waals surface area (Å²) in [5.74, 6) is 5.29. The van der Waals surface area contributed by atoms with Crippen LogP contribution < -0.4 is 30.7 Å². The fourth-order valence-corrected chi connectivity index (χ4v) is 8.34. The van der Waals surface area contributed by atoms with Gasteiger partial charge in [-0.2, -0.15) is 0 Å². The van der Waals surface area contributed by atoms with Crippen LogP contribution in [0.3, 0.4) is 0 Å². The number of aryl methyl sites for hydroxylation is 4. The Hall–Kier alpha value is -6.71. The molecule has 20 nitrogen and oxygen atoms in total. The Morgan fingerprint density at radius 3 is 1.70 bits per heavy atom. The van der Waals surface area contributed by atoms with Crippen LogP contribution in [-0.4, -0.2) is 150 Å². The van der Waals surface area contributed by atoms with Gasteiger partial charge in [0.25, 0.3) is 0 Å². The van der Waals surface area contributed by atoms with Crippen molar-refractivity contribution in [1.29, 1.82) is 0 Å². The number of likely N-dealkylation sites (N-methyl/N-ethyl adjacent to an activating group) is 2. The van der Waals surface area contributed by atoms with Gasteiger partial charge in [-0.25, -0.2) is 24.7 Å². The number of ether oxygens (including phenoxy) is 4. The van der Waals surface area contributed by atoms with Crippen LogP contribution in [0.5, 0.6) is 11.5 Å². The highest BCUT2D eigenvalue weighted by Gasteiger charge is 2.33. The highest BCUT2D eigenvalue weighted by Crippen LogP contribution is 2.36. The predicted octanol–water partition coefficient (Wildman–Crippen LogP) is 7.10. The molecule has 73 heavy (non-hydrogen) atoms. The molecular formula is C53H73N11O9. The molecule has 2 aliphatic heterocycles. The molecule has 6 N–H and O–H groups in total. The molecule has 2 unspecified atom stereocenters. The lowest BCUT2D eigenvalue weighted by molar-refractivity contribution is 0.0903. The first-order valence-electron chi connectivity index (χ1n) is 25.0. The summed E-state index contributed by atoms with van der Waals surface area (Å²) in [6.45, 7) is 19.5. The number of methoxy groups -OCH3 is 1. The molecule has 6 heterocycles. The number of nitrogens with one attached hydrogen (secondary N) is 4. The van der Waals surface area contributed by atoms with Crippen molar-refractivity contribution in [2.45, 2.75) is 98.9 Å². The van der Waals surface area contributed by atoms with Crippen LogP contribution in [0.1, 0.15) is 67.6 Å². The molecule has 2 saturated heterocycles. The van der Waals surface area contributed by atoms with E-state index in [1.165, 1.54) is 7.11 Å². The first-order chi connectivity index (χ1) is 35.3. The third-order valence-electron chi connectivity index (χ3n) is 12.2. The molecule has 4 aromatic heterocycles. The van der Waals surface area contributed by atoms with Gasteiger partial charge in [0.15, 0.2) is 11.6 Å². The SMILES string of the molecule is CC.CCc1onc(C)c1-c1nc(-c2cccc(OCC(O)CNC)c2)nc(NC2CCOCC2)c1C.CNCC(O)COc1cccc(-c2nc(NC3CN(C(=O)OC)C3)c(C)c(-c3c(C)noc3C)n2)c1. The van der Waals surface area contributed by atoms with Crippen LogP contribution in [0.25, 0.3) is 45.3 Å². The van der Waals surface area contributed by atoms with Gasteiger partial charge in [0, 0.05) is 74.1 Å². The number of hydrogen-bond acceptors (Lipinski definition) is 19. The molecular weight excluding hydrogens is 935 g/mol. The molecule has 2 aromatic carbocycles. The Balaban J connectivity index is 0.000000230. The minimum Gasteiger partial charge on any atom is -0.491 e. The molecule has 0 radical (unpaired) electrons. The largest absolute Gasteiger partial charge is 0.491 e. The van der Waals surface area contributed by atoms with E-state index in [-0.39, 0.29) is 31.4 Å². The van der Waals surface area contributed by atoms with Crippen LogP contribution in [-0.2, 0) is 15.9 Å². The summed E-state index contributed by atoms with van der Waals surface area (Å²) in [6.07, 6.45) is 1.02. The Bertz CT molecular complexity index is 2700. The Morgan fingerprint density at radius 1 is 0.726 bits per heavy atom. The second kappa shape index (κ2) is 26.8. The molecule has 2 fully saturated rings. The summed E-state index contributed by atoms with van der Waals surface area (Å²) < 4.78 is 32.9. The zero-order valence-electron chi connectivity index (χ0n) is 44.1. The maximum Gasteiger partial charge on any atom is 0.409 e. The minimum absolute atomic E-state index is 0.0337. The predicted molar refractivity (Wildman–Crippen MR) is 280 cm³/mol. The number of rotatable bonds is 19. The van der Waals surface area contributed by atoms with Crippen LogP contribution >= 0.6 is 0 Å². The standard InChI is InChI=1S/C26H35N5O4.C25H32N6O5.C2H6/c1-5-22-23(17(3)31-35-22)24-16(2)25(28-19-9-11-33-12-10-19)30-26(29-24)18-7-6-8-21(13-18)34-15-20(32)14-27-4;1-14-22(21-15(2)30-36-16(21)3)28-24(29-23(14)27-18-11-31(12-18)25(33)34-5)17-7-6-8-20(9-17)35-13-19(32)10-26-4;1-2/h6-8,13,19-20,27,32H,5,9-12,14-15H2,1-4H3,(H,28,29,30);6-9,18-19,26,32H,10-13H2,1-5H3,(H,27,28,29);1-2H3. The van der Waals surface area contributed by atoms with Crippen molar-refractivity contribution >= 4 is 17.7 Å². The Kier molecular flexibility index (Phi) is 20.4. The third kappa shape index (κ3) is 14.3. The maximum absolute atomic E-state index is 11.7. The van der Waals surface area contributed by atoms with Crippen molar-refractivity contribution in [2.24, 2.45) is 0 Å². The van der Waals surface area contributed by atoms with Gasteiger partial charge in [0.05, 0.1) is 47.1 Å². The van der Waals surface area contributed by atoms with Gasteiger partial charge < -0.3 is 64.4 Å². The molecule has 394 valence electrons. The van der Waals surface area contributed by atoms with Crippen molar-refractivity contribution in [3.8, 4) is 56.8 Å². The maximum atomic E-state index is 11.7. The van der Waals surface area contributed by atoms with Gasteiger partial charge in [-0.05, 0) is 85.8 Å². The fourth-order valence-electron chi connectivity index (χ4n) is 8.34. The van der Waals surface area contributed by atoms with E-state index in [2.05, 4.69) is 31.6 Å². The van der Waals surface area contributed by atoms with Crippen molar-refractivity contribution in [3.63, 3.8) is 0 Å². The first kappa shape index (κ1) is 55.6. The smallest absolute Gasteiger partial charge is 0.409 e. The summed E-state index contributed by atoms with van der Waals surface area (Å²) in [5, 5.41) is 41.2. The number of amides is 1. The van der Waals surface area contributed by atoms with Gasteiger partial charge in [-0.15, -0.1) is 0 Å². The zero-order chi connectivity index (χ0) is 52.6. The van der Waals surface area contributed by atoms with Crippen molar-refractivity contribution < 1.29 is 43.0 Å². The van der Waals surface area contributed by atoms with Crippen molar-refractivity contribution in [1.82, 2.24) is 45.8 Å². The number of aliphatic hydroxyl groups excluding tert-OH is 2. The summed E-state index contributed by atoms with van der Waals surface area (Å²) in [4.78, 5) is 33.0. The average molecular weight is 1010 g/mol. The van der Waals surface area contributed by atoms with Gasteiger partial charge in [-0.1, -0.05) is 55.4 Å². The van der Waals surface area contributed by atoms with Crippen LogP contribution in [0.4, 0.5) is 16.4 Å². The zero-order valence-corrected chi connectivity index (χ0v) is 44.1. The number of aromatic nitrogens is 6. The number of anilines is 2. The second-order valence-corrected chi connectivity index (χ2v) is 17.7. The summed E-state index contributed by atoms with van der Waals surface area (Å²) >= 11 is 0. The lowest BCUT2D eigenvalue weighted by Crippen LogP contribution is -2.57. The first-order valence-corrected chi connectivity index (χ1v) is 25.0. The van der Waals surface area contributed by atoms with Crippen molar-refractivity contribution in [3.05, 3.63) is 82.6 Å². The van der Waals surface area contributed by atoms with E-state index in [9.17, 15) is 15.0 Å². The fraction of sp³-hybridized carbons (Fsp3) is 0.491. The van der Waals surface area contributed by atoms with Crippen molar-refractivity contribution in [2.75, 3.05) is 84.4 Å². The number of hydrogen-bond donors (Lipinski definition) is 6. The highest BCUT2D eigenvalue weighted by molar-refractivity contribution is 5.76. The van der Waals surface area contributed by atoms with Gasteiger partial charge in [0.2, 0.25) is 0 Å². The van der Waals surface area contributed by atoms with E-state index in [0.717, 1.165) is 100 Å². The lowest BCUT2D eigenvalue weighted by Gasteiger charge is -2.38. The summed E-state index contributed by atoms with van der Waals surface area (Å²) in [5.41, 5.74) is 8.23. The molecule has 0 aliphatic carbocycles. The molecule has 2 aliphatic rings. The number of carbonyl (C=O) groups is 1. The molecule has 2 atom stereocenters. The number of likely N-dealkylation sites (tertiary alicyclic amines) is 1. The van der Waals surface area contributed by atoms with E-state index in [1.54, 1.807) is 19.0 Å². The summed E-state index contributed by atoms with van der Waals surface area (Å²) in [7, 11) is 4.94. The molecule has 6 aromatic rings. The van der Waals surface area contributed by atoms with Gasteiger partial charge >= 0.3 is 6.09 Å². The Labute approximate surface area is 428 Å². The normalized spacial score (nSPS) is 14.5. The number of aliphatic hydroxyl groups is 2. The van der Waals surface area contributed by atoms with Gasteiger partial charge in [-0.3, -0.25) is 0 Å². The van der Waals surface area contributed by atoms with E-state index in [1.807, 2.05) is 104 Å². The molecule has 0 bridgehead atoms. The van der Waals surface area contributed by atoms with E-state index in [4.69, 9.17) is 47.9 Å². The highest BCUT2D eigenvalue weighted by atomic mass is 16.5. The van der Waals surface area contributed by atoms with E-state index >= 15 is 0 Å². The molecule has 1 amide bonds. The summed E-state index contributed by atoms with van der Waals surface area (Å²) in [6, 6.07) is 15.4. The number of carbonyl (C=O) groups excluding carboxylic acids is 1. The number of benzene rings is 2. The molecule has 0 spiro atoms. The Morgan fingerprint density at radius 2 is 1.22 bits per heavy atom. The second-order valence-electron chi connectivity index (χ2n) is 17.7. The lowest BCUT2D eigenvalue weighted by atomic mass is 10.0.